The van der Waals surface area contributed by atoms with Gasteiger partial charge in [-0.25, -0.2) is 0 Å². The molecular formula is C19H28OSi. The third-order valence-corrected chi connectivity index (χ3v) is 7.27. The lowest BCUT2D eigenvalue weighted by Crippen LogP contribution is -2.33. The Kier molecular flexibility index (Phi) is 3.87. The van der Waals surface area contributed by atoms with Crippen LogP contribution in [0.3, 0.4) is 0 Å². The Balaban J connectivity index is 2.09. The molecule has 0 aromatic heterocycles. The predicted molar refractivity (Wildman–Crippen MR) is 93.0 cm³/mol. The van der Waals surface area contributed by atoms with E-state index < -0.39 is 8.32 Å². The lowest BCUT2D eigenvalue weighted by molar-refractivity contribution is 0.540. The quantitative estimate of drug-likeness (QED) is 0.790. The maximum atomic E-state index is 10.7. The lowest BCUT2D eigenvalue weighted by atomic mass is 9.90. The molecule has 2 atom stereocenters. The number of allylic oxidation sites excluding steroid dienone is 2. The minimum Gasteiger partial charge on any atom is -0.431 e. The van der Waals surface area contributed by atoms with E-state index in [1.807, 2.05) is 0 Å². The van der Waals surface area contributed by atoms with Gasteiger partial charge in [0.15, 0.2) is 8.32 Å². The highest BCUT2D eigenvalue weighted by atomic mass is 28.4. The zero-order valence-electron chi connectivity index (χ0n) is 13.9. The third kappa shape index (κ3) is 2.64. The maximum absolute atomic E-state index is 10.7. The van der Waals surface area contributed by atoms with Gasteiger partial charge in [0.25, 0.3) is 0 Å². The molecule has 1 N–H and O–H groups in total. The van der Waals surface area contributed by atoms with Crippen molar-refractivity contribution in [1.29, 1.82) is 0 Å². The highest BCUT2D eigenvalue weighted by molar-refractivity contribution is 6.72. The average molecular weight is 301 g/mol. The van der Waals surface area contributed by atoms with Gasteiger partial charge in [-0.15, -0.1) is 0 Å². The van der Waals surface area contributed by atoms with Crippen LogP contribution in [-0.4, -0.2) is 13.1 Å². The molecule has 0 saturated heterocycles. The van der Waals surface area contributed by atoms with Crippen molar-refractivity contribution < 1.29 is 4.80 Å². The van der Waals surface area contributed by atoms with E-state index in [1.165, 1.54) is 54.4 Å². The average Bonchev–Trinajstić information content (AvgIpc) is 2.98. The van der Waals surface area contributed by atoms with Crippen LogP contribution in [0.5, 0.6) is 0 Å². The van der Waals surface area contributed by atoms with Gasteiger partial charge in [0, 0.05) is 5.54 Å². The van der Waals surface area contributed by atoms with Crippen molar-refractivity contribution >= 4 is 13.9 Å². The van der Waals surface area contributed by atoms with E-state index in [1.54, 1.807) is 5.56 Å². The van der Waals surface area contributed by atoms with Crippen molar-refractivity contribution in [3.05, 3.63) is 40.5 Å². The molecule has 0 amide bonds. The van der Waals surface area contributed by atoms with Gasteiger partial charge >= 0.3 is 0 Å². The molecule has 0 heterocycles. The van der Waals surface area contributed by atoms with Crippen molar-refractivity contribution in [1.82, 2.24) is 0 Å². The molecule has 1 nitrogen and oxygen atoms in total. The monoisotopic (exact) mass is 300 g/mol. The molecule has 2 unspecified atom stereocenters. The summed E-state index contributed by atoms with van der Waals surface area (Å²) in [5.41, 5.74) is 7.76. The van der Waals surface area contributed by atoms with E-state index in [4.69, 9.17) is 0 Å². The van der Waals surface area contributed by atoms with Crippen molar-refractivity contribution in [3.63, 3.8) is 0 Å². The molecule has 0 saturated carbocycles. The fraction of sp³-hybridized carbons (Fsp3) is 0.579. The topological polar surface area (TPSA) is 20.2 Å². The van der Waals surface area contributed by atoms with Crippen LogP contribution >= 0.6 is 0 Å². The molecule has 0 spiro atoms. The molecule has 2 aliphatic carbocycles. The molecule has 2 aliphatic rings. The molecule has 114 valence electrons. The highest BCUT2D eigenvalue weighted by Gasteiger charge is 2.37. The maximum Gasteiger partial charge on any atom is 0.193 e. The van der Waals surface area contributed by atoms with Gasteiger partial charge in [0.1, 0.15) is 0 Å². The summed E-state index contributed by atoms with van der Waals surface area (Å²) in [4.78, 5) is 10.7. The minimum atomic E-state index is -2.20. The summed E-state index contributed by atoms with van der Waals surface area (Å²) in [6, 6.07) is 4.88. The second-order valence-electron chi connectivity index (χ2n) is 7.50. The number of rotatable bonds is 4. The highest BCUT2D eigenvalue weighted by Crippen LogP contribution is 2.46. The molecule has 0 radical (unpaired) electrons. The van der Waals surface area contributed by atoms with Gasteiger partial charge in [-0.1, -0.05) is 38.5 Å². The van der Waals surface area contributed by atoms with E-state index in [-0.39, 0.29) is 5.54 Å². The Morgan fingerprint density at radius 3 is 2.52 bits per heavy atom. The molecule has 1 aromatic rings. The van der Waals surface area contributed by atoms with Crippen LogP contribution in [0.25, 0.3) is 5.57 Å². The third-order valence-electron chi connectivity index (χ3n) is 5.27. The fourth-order valence-electron chi connectivity index (χ4n) is 4.11. The second-order valence-corrected chi connectivity index (χ2v) is 11.4. The number of fused-ring (bicyclic) bond motifs is 2. The van der Waals surface area contributed by atoms with Gasteiger partial charge in [-0.3, -0.25) is 0 Å². The summed E-state index contributed by atoms with van der Waals surface area (Å²) in [6.07, 6.45) is 8.63. The van der Waals surface area contributed by atoms with Crippen LogP contribution in [0.15, 0.2) is 18.2 Å². The number of benzene rings is 1. The van der Waals surface area contributed by atoms with Crippen LogP contribution in [0.4, 0.5) is 0 Å². The molecule has 0 bridgehead atoms. The Hall–Kier alpha value is -0.863. The Bertz CT molecular complexity index is 580. The summed E-state index contributed by atoms with van der Waals surface area (Å²) >= 11 is 0. The van der Waals surface area contributed by atoms with Crippen molar-refractivity contribution in [2.75, 3.05) is 0 Å². The van der Waals surface area contributed by atoms with Crippen LogP contribution in [0, 0.1) is 5.92 Å². The molecular weight excluding hydrogens is 272 g/mol. The van der Waals surface area contributed by atoms with Crippen LogP contribution in [0.2, 0.25) is 13.1 Å². The summed E-state index contributed by atoms with van der Waals surface area (Å²) in [6.45, 7) is 8.77. The SMILES string of the molecule is CCCC(C)C1=CC([Si](C)(C)O)c2cc3c(cc21)CCC3. The Morgan fingerprint density at radius 2 is 1.90 bits per heavy atom. The second kappa shape index (κ2) is 5.40. The van der Waals surface area contributed by atoms with E-state index in [0.717, 1.165) is 0 Å². The summed E-state index contributed by atoms with van der Waals surface area (Å²) < 4.78 is 0. The summed E-state index contributed by atoms with van der Waals surface area (Å²) in [7, 11) is -2.20. The van der Waals surface area contributed by atoms with Crippen LogP contribution in [-0.2, 0) is 12.8 Å². The first-order valence-corrected chi connectivity index (χ1v) is 11.5. The van der Waals surface area contributed by atoms with Crippen LogP contribution < -0.4 is 0 Å². The van der Waals surface area contributed by atoms with E-state index in [2.05, 4.69) is 45.2 Å². The predicted octanol–water partition coefficient (Wildman–Crippen LogP) is 4.83. The van der Waals surface area contributed by atoms with E-state index in [9.17, 15) is 4.80 Å². The normalized spacial score (nSPS) is 22.0. The molecule has 1 aromatic carbocycles. The first-order chi connectivity index (χ1) is 9.91. The molecule has 3 rings (SSSR count). The zero-order valence-corrected chi connectivity index (χ0v) is 14.9. The first kappa shape index (κ1) is 15.0. The van der Waals surface area contributed by atoms with Gasteiger partial charge < -0.3 is 4.80 Å². The van der Waals surface area contributed by atoms with Crippen molar-refractivity contribution in [3.8, 4) is 0 Å². The number of hydrogen-bond donors (Lipinski definition) is 1. The van der Waals surface area contributed by atoms with E-state index >= 15 is 0 Å². The number of hydrogen-bond acceptors (Lipinski definition) is 1. The minimum absolute atomic E-state index is 0.285. The van der Waals surface area contributed by atoms with E-state index in [0.29, 0.717) is 5.92 Å². The van der Waals surface area contributed by atoms with Gasteiger partial charge in [0.2, 0.25) is 0 Å². The zero-order chi connectivity index (χ0) is 15.2. The smallest absolute Gasteiger partial charge is 0.193 e. The molecule has 0 fully saturated rings. The molecule has 0 aliphatic heterocycles. The number of aryl methyl sites for hydroxylation is 2. The lowest BCUT2D eigenvalue weighted by Gasteiger charge is -2.23. The standard InChI is InChI=1S/C19H28OSi/c1-5-7-13(2)16-12-19(21(3,4)20)18-11-15-9-6-8-14(15)10-17(16)18/h10-13,19-20H,5-9H2,1-4H3. The van der Waals surface area contributed by atoms with Gasteiger partial charge in [-0.05, 0) is 72.5 Å². The Labute approximate surface area is 130 Å². The van der Waals surface area contributed by atoms with Gasteiger partial charge in [-0.2, -0.15) is 0 Å². The van der Waals surface area contributed by atoms with Gasteiger partial charge in [0.05, 0.1) is 0 Å². The summed E-state index contributed by atoms with van der Waals surface area (Å²) in [5.74, 6) is 0.606. The van der Waals surface area contributed by atoms with Crippen LogP contribution in [0.1, 0.15) is 60.9 Å². The fourth-order valence-corrected chi connectivity index (χ4v) is 5.70. The molecule has 2 heteroatoms. The van der Waals surface area contributed by atoms with Crippen molar-refractivity contribution in [2.24, 2.45) is 5.92 Å². The molecule has 21 heavy (non-hydrogen) atoms. The first-order valence-electron chi connectivity index (χ1n) is 8.52. The largest absolute Gasteiger partial charge is 0.431 e. The Morgan fingerprint density at radius 1 is 1.24 bits per heavy atom. The summed E-state index contributed by atoms with van der Waals surface area (Å²) in [5, 5.41) is 0. The van der Waals surface area contributed by atoms with Crippen molar-refractivity contribution in [2.45, 2.75) is 64.6 Å².